The number of fused-ring (bicyclic) bond motifs is 1. The number of hydrogen-bond acceptors (Lipinski definition) is 4. The summed E-state index contributed by atoms with van der Waals surface area (Å²) in [7, 11) is 0. The number of amides is 3. The zero-order valence-electron chi connectivity index (χ0n) is 18.7. The van der Waals surface area contributed by atoms with Gasteiger partial charge in [0.1, 0.15) is 5.69 Å². The van der Waals surface area contributed by atoms with Crippen LogP contribution in [0.4, 0.5) is 11.4 Å². The van der Waals surface area contributed by atoms with Crippen molar-refractivity contribution in [3.63, 3.8) is 0 Å². The molecular formula is C26H25ClN4O3. The first-order valence-corrected chi connectivity index (χ1v) is 11.9. The molecule has 0 radical (unpaired) electrons. The van der Waals surface area contributed by atoms with Crippen molar-refractivity contribution in [1.82, 2.24) is 10.3 Å². The quantitative estimate of drug-likeness (QED) is 0.598. The fraction of sp³-hybridized carbons (Fsp3) is 0.308. The Morgan fingerprint density at radius 3 is 2.50 bits per heavy atom. The summed E-state index contributed by atoms with van der Waals surface area (Å²) in [4.78, 5) is 45.4. The summed E-state index contributed by atoms with van der Waals surface area (Å²) in [6.45, 7) is 1.66. The van der Waals surface area contributed by atoms with Crippen LogP contribution in [0, 0.1) is 5.92 Å². The number of halogens is 1. The third-order valence-corrected chi connectivity index (χ3v) is 6.67. The SMILES string of the molecule is O=C(NCC1CC(=O)N(c2ccc(N3CCCCC3=O)cc2)C1)c1ccc2cc(Cl)ccc2n1. The van der Waals surface area contributed by atoms with E-state index in [4.69, 9.17) is 11.6 Å². The third kappa shape index (κ3) is 4.61. The molecule has 8 heteroatoms. The van der Waals surface area contributed by atoms with Crippen molar-refractivity contribution in [2.24, 2.45) is 5.92 Å². The molecule has 1 aromatic heterocycles. The first kappa shape index (κ1) is 22.3. The Morgan fingerprint density at radius 2 is 1.74 bits per heavy atom. The van der Waals surface area contributed by atoms with Gasteiger partial charge < -0.3 is 15.1 Å². The zero-order chi connectivity index (χ0) is 23.7. The molecule has 174 valence electrons. The van der Waals surface area contributed by atoms with Gasteiger partial charge in [-0.05, 0) is 61.4 Å². The predicted molar refractivity (Wildman–Crippen MR) is 132 cm³/mol. The van der Waals surface area contributed by atoms with Gasteiger partial charge in [0, 0.05) is 60.2 Å². The second kappa shape index (κ2) is 9.43. The second-order valence-electron chi connectivity index (χ2n) is 8.84. The number of benzene rings is 2. The molecule has 2 aliphatic rings. The maximum absolute atomic E-state index is 12.6. The van der Waals surface area contributed by atoms with Crippen LogP contribution < -0.4 is 15.1 Å². The van der Waals surface area contributed by atoms with Crippen molar-refractivity contribution < 1.29 is 14.4 Å². The predicted octanol–water partition coefficient (Wildman–Crippen LogP) is 4.19. The largest absolute Gasteiger partial charge is 0.350 e. The Labute approximate surface area is 202 Å². The number of carbonyl (C=O) groups is 3. The van der Waals surface area contributed by atoms with Crippen molar-refractivity contribution in [3.8, 4) is 0 Å². The van der Waals surface area contributed by atoms with Crippen LogP contribution in [0.2, 0.25) is 5.02 Å². The fourth-order valence-corrected chi connectivity index (χ4v) is 4.79. The standard InChI is InChI=1S/C26H25ClN4O3/c27-19-5-11-22-18(14-19)4-10-23(29-22)26(34)28-15-17-13-25(33)31(16-17)21-8-6-20(7-9-21)30-12-2-1-3-24(30)32/h4-11,14,17H,1-3,12-13,15-16H2,(H,28,34). The highest BCUT2D eigenvalue weighted by Gasteiger charge is 2.31. The highest BCUT2D eigenvalue weighted by molar-refractivity contribution is 6.31. The number of nitrogens with zero attached hydrogens (tertiary/aromatic N) is 3. The van der Waals surface area contributed by atoms with E-state index in [2.05, 4.69) is 10.3 Å². The van der Waals surface area contributed by atoms with Crippen LogP contribution in [0.15, 0.2) is 54.6 Å². The Kier molecular flexibility index (Phi) is 6.20. The summed E-state index contributed by atoms with van der Waals surface area (Å²) < 4.78 is 0. The van der Waals surface area contributed by atoms with E-state index < -0.39 is 0 Å². The number of carbonyl (C=O) groups excluding carboxylic acids is 3. The Morgan fingerprint density at radius 1 is 0.971 bits per heavy atom. The maximum atomic E-state index is 12.6. The molecule has 3 amide bonds. The first-order valence-electron chi connectivity index (χ1n) is 11.5. The monoisotopic (exact) mass is 476 g/mol. The van der Waals surface area contributed by atoms with E-state index in [0.29, 0.717) is 42.2 Å². The smallest absolute Gasteiger partial charge is 0.269 e. The van der Waals surface area contributed by atoms with E-state index in [1.54, 1.807) is 29.2 Å². The van der Waals surface area contributed by atoms with Crippen molar-refractivity contribution in [1.29, 1.82) is 0 Å². The number of hydrogen-bond donors (Lipinski definition) is 1. The zero-order valence-corrected chi connectivity index (χ0v) is 19.4. The van der Waals surface area contributed by atoms with Crippen molar-refractivity contribution >= 4 is 51.6 Å². The van der Waals surface area contributed by atoms with Gasteiger partial charge >= 0.3 is 0 Å². The van der Waals surface area contributed by atoms with E-state index in [1.807, 2.05) is 35.2 Å². The summed E-state index contributed by atoms with van der Waals surface area (Å²) >= 11 is 6.01. The molecule has 3 aromatic rings. The van der Waals surface area contributed by atoms with E-state index in [-0.39, 0.29) is 23.6 Å². The molecule has 34 heavy (non-hydrogen) atoms. The molecule has 7 nitrogen and oxygen atoms in total. The fourth-order valence-electron chi connectivity index (χ4n) is 4.61. The minimum atomic E-state index is -0.265. The highest BCUT2D eigenvalue weighted by atomic mass is 35.5. The molecule has 5 rings (SSSR count). The third-order valence-electron chi connectivity index (χ3n) is 6.44. The van der Waals surface area contributed by atoms with Gasteiger partial charge in [-0.3, -0.25) is 14.4 Å². The van der Waals surface area contributed by atoms with Crippen LogP contribution in [0.3, 0.4) is 0 Å². The van der Waals surface area contributed by atoms with Crippen molar-refractivity contribution in [3.05, 3.63) is 65.3 Å². The van der Waals surface area contributed by atoms with Crippen LogP contribution in [0.25, 0.3) is 10.9 Å². The van der Waals surface area contributed by atoms with Gasteiger partial charge in [-0.1, -0.05) is 17.7 Å². The molecular weight excluding hydrogens is 452 g/mol. The van der Waals surface area contributed by atoms with Gasteiger partial charge in [0.2, 0.25) is 11.8 Å². The lowest BCUT2D eigenvalue weighted by molar-refractivity contribution is -0.119. The summed E-state index contributed by atoms with van der Waals surface area (Å²) in [6, 6.07) is 16.4. The van der Waals surface area contributed by atoms with E-state index in [9.17, 15) is 14.4 Å². The number of nitrogens with one attached hydrogen (secondary N) is 1. The minimum Gasteiger partial charge on any atom is -0.350 e. The van der Waals surface area contributed by atoms with Gasteiger partial charge in [0.15, 0.2) is 0 Å². The molecule has 2 aliphatic heterocycles. The molecule has 2 fully saturated rings. The maximum Gasteiger partial charge on any atom is 0.269 e. The van der Waals surface area contributed by atoms with Gasteiger partial charge in [-0.25, -0.2) is 4.98 Å². The van der Waals surface area contributed by atoms with Crippen LogP contribution in [-0.4, -0.2) is 42.3 Å². The molecule has 3 heterocycles. The summed E-state index contributed by atoms with van der Waals surface area (Å²) in [5.74, 6) is -0.0733. The number of pyridine rings is 1. The minimum absolute atomic E-state index is 0.0130. The topological polar surface area (TPSA) is 82.6 Å². The van der Waals surface area contributed by atoms with Gasteiger partial charge in [-0.15, -0.1) is 0 Å². The molecule has 0 spiro atoms. The van der Waals surface area contributed by atoms with Crippen molar-refractivity contribution in [2.75, 3.05) is 29.4 Å². The second-order valence-corrected chi connectivity index (χ2v) is 9.27. The van der Waals surface area contributed by atoms with Crippen LogP contribution in [0.5, 0.6) is 0 Å². The lowest BCUT2D eigenvalue weighted by atomic mass is 10.1. The average Bonchev–Trinajstić information content (AvgIpc) is 3.23. The molecule has 0 aliphatic carbocycles. The number of rotatable bonds is 5. The van der Waals surface area contributed by atoms with Crippen molar-refractivity contribution in [2.45, 2.75) is 25.7 Å². The molecule has 1 N–H and O–H groups in total. The lowest BCUT2D eigenvalue weighted by Crippen LogP contribution is -2.35. The van der Waals surface area contributed by atoms with E-state index in [1.165, 1.54) is 0 Å². The Balaban J connectivity index is 1.19. The Hall–Kier alpha value is -3.45. The molecule has 0 bridgehead atoms. The lowest BCUT2D eigenvalue weighted by Gasteiger charge is -2.27. The molecule has 2 aromatic carbocycles. The van der Waals surface area contributed by atoms with Gasteiger partial charge in [0.25, 0.3) is 5.91 Å². The molecule has 2 saturated heterocycles. The number of anilines is 2. The summed E-state index contributed by atoms with van der Waals surface area (Å²) in [5, 5.41) is 4.41. The average molecular weight is 477 g/mol. The van der Waals surface area contributed by atoms with Crippen LogP contribution in [-0.2, 0) is 9.59 Å². The van der Waals surface area contributed by atoms with Gasteiger partial charge in [0.05, 0.1) is 5.52 Å². The normalized spacial score (nSPS) is 18.6. The first-order chi connectivity index (χ1) is 16.5. The molecule has 1 atom stereocenters. The van der Waals surface area contributed by atoms with Crippen LogP contribution in [0.1, 0.15) is 36.2 Å². The van der Waals surface area contributed by atoms with E-state index in [0.717, 1.165) is 36.1 Å². The van der Waals surface area contributed by atoms with Crippen LogP contribution >= 0.6 is 11.6 Å². The van der Waals surface area contributed by atoms with Gasteiger partial charge in [-0.2, -0.15) is 0 Å². The highest BCUT2D eigenvalue weighted by Crippen LogP contribution is 2.28. The number of piperidine rings is 1. The Bertz CT molecular complexity index is 1260. The van der Waals surface area contributed by atoms with E-state index >= 15 is 0 Å². The summed E-state index contributed by atoms with van der Waals surface area (Å²) in [5.41, 5.74) is 2.71. The molecule has 1 unspecified atom stereocenters. The molecule has 0 saturated carbocycles. The number of aromatic nitrogens is 1. The summed E-state index contributed by atoms with van der Waals surface area (Å²) in [6.07, 6.45) is 2.91.